The van der Waals surface area contributed by atoms with Crippen molar-refractivity contribution in [3.8, 4) is 0 Å². The van der Waals surface area contributed by atoms with Gasteiger partial charge in [-0.05, 0) is 49.9 Å². The predicted octanol–water partition coefficient (Wildman–Crippen LogP) is 1.81. The Hall–Kier alpha value is -2.76. The number of hydrogen-bond acceptors (Lipinski definition) is 4. The van der Waals surface area contributed by atoms with Crippen LogP contribution in [-0.4, -0.2) is 21.5 Å². The fraction of sp³-hybridized carbons (Fsp3) is 0.250. The Bertz CT molecular complexity index is 1070. The van der Waals surface area contributed by atoms with Crippen LogP contribution in [0.2, 0.25) is 0 Å². The van der Waals surface area contributed by atoms with Crippen LogP contribution in [0.4, 0.5) is 0 Å². The average Bonchev–Trinajstić information content (AvgIpc) is 2.89. The van der Waals surface area contributed by atoms with Crippen LogP contribution in [0, 0.1) is 27.7 Å². The molecule has 0 atom stereocenters. The van der Waals surface area contributed by atoms with Crippen LogP contribution in [0.3, 0.4) is 0 Å². The lowest BCUT2D eigenvalue weighted by molar-refractivity contribution is 0.112. The number of fused-ring (bicyclic) bond motifs is 2. The number of carbonyl (C=O) groups is 1. The van der Waals surface area contributed by atoms with Crippen molar-refractivity contribution in [3.63, 3.8) is 0 Å². The Kier molecular flexibility index (Phi) is 2.98. The Balaban J connectivity index is 2.83. The summed E-state index contributed by atoms with van der Waals surface area (Å²) in [5, 5.41) is 6.73. The minimum Gasteiger partial charge on any atom is -0.320 e. The molecule has 112 valence electrons. The summed E-state index contributed by atoms with van der Waals surface area (Å²) >= 11 is 0. The number of rotatable bonds is 1. The average molecular weight is 297 g/mol. The number of carbonyl (C=O) groups excluding carboxylic acids is 1. The number of nitrogens with zero attached hydrogens (tertiary/aromatic N) is 1. The maximum absolute atomic E-state index is 12.9. The van der Waals surface area contributed by atoms with Gasteiger partial charge in [-0.25, -0.2) is 0 Å². The Morgan fingerprint density at radius 1 is 0.909 bits per heavy atom. The lowest BCUT2D eigenvalue weighted by Crippen LogP contribution is -2.06. The van der Waals surface area contributed by atoms with E-state index in [1.54, 1.807) is 0 Å². The first kappa shape index (κ1) is 14.2. The van der Waals surface area contributed by atoms with E-state index in [2.05, 4.69) is 15.2 Å². The smallest absolute Gasteiger partial charge is 0.276 e. The number of aromatic nitrogens is 3. The maximum Gasteiger partial charge on any atom is 0.276 e. The van der Waals surface area contributed by atoms with Gasteiger partial charge in [0, 0.05) is 5.39 Å². The first-order valence-corrected chi connectivity index (χ1v) is 6.88. The van der Waals surface area contributed by atoms with E-state index in [-0.39, 0.29) is 22.0 Å². The number of nitrogens with one attached hydrogen (secondary N) is 2. The van der Waals surface area contributed by atoms with Crippen molar-refractivity contribution in [2.45, 2.75) is 27.7 Å². The van der Waals surface area contributed by atoms with Gasteiger partial charge in [-0.1, -0.05) is 0 Å². The number of aldehydes is 1. The van der Waals surface area contributed by atoms with Gasteiger partial charge >= 0.3 is 0 Å². The third-order valence-electron chi connectivity index (χ3n) is 4.51. The molecule has 0 radical (unpaired) electrons. The fourth-order valence-corrected chi connectivity index (χ4v) is 2.89. The zero-order valence-corrected chi connectivity index (χ0v) is 12.7. The molecular weight excluding hydrogens is 282 g/mol. The van der Waals surface area contributed by atoms with E-state index in [1.807, 2.05) is 27.7 Å². The van der Waals surface area contributed by atoms with Gasteiger partial charge < -0.3 is 4.98 Å². The molecule has 0 fully saturated rings. The molecular formula is C16H15N3O3. The van der Waals surface area contributed by atoms with E-state index in [9.17, 15) is 14.4 Å². The Labute approximate surface area is 125 Å². The summed E-state index contributed by atoms with van der Waals surface area (Å²) in [6.07, 6.45) is 0.505. The van der Waals surface area contributed by atoms with E-state index in [4.69, 9.17) is 0 Å². The van der Waals surface area contributed by atoms with Gasteiger partial charge in [-0.3, -0.25) is 19.5 Å². The monoisotopic (exact) mass is 297 g/mol. The fourth-order valence-electron chi connectivity index (χ4n) is 2.89. The molecule has 3 aromatic rings. The molecule has 0 aliphatic rings. The Morgan fingerprint density at radius 3 is 2.18 bits per heavy atom. The highest BCUT2D eigenvalue weighted by molar-refractivity contribution is 5.99. The van der Waals surface area contributed by atoms with Gasteiger partial charge in [0.1, 0.15) is 5.69 Å². The molecule has 22 heavy (non-hydrogen) atoms. The normalized spacial score (nSPS) is 11.3. The van der Waals surface area contributed by atoms with Crippen LogP contribution >= 0.6 is 0 Å². The summed E-state index contributed by atoms with van der Waals surface area (Å²) in [6, 6.07) is 0. The minimum absolute atomic E-state index is 0.0262. The molecule has 0 amide bonds. The first-order valence-electron chi connectivity index (χ1n) is 6.88. The van der Waals surface area contributed by atoms with Crippen molar-refractivity contribution >= 4 is 28.1 Å². The van der Waals surface area contributed by atoms with Crippen molar-refractivity contribution in [3.05, 3.63) is 48.5 Å². The molecule has 1 aromatic carbocycles. The summed E-state index contributed by atoms with van der Waals surface area (Å²) in [5.74, 6) is 0. The zero-order valence-electron chi connectivity index (χ0n) is 12.7. The summed E-state index contributed by atoms with van der Waals surface area (Å²) in [6.45, 7) is 7.60. The molecule has 0 spiro atoms. The maximum atomic E-state index is 12.9. The second kappa shape index (κ2) is 4.62. The summed E-state index contributed by atoms with van der Waals surface area (Å²) < 4.78 is 0. The highest BCUT2D eigenvalue weighted by Gasteiger charge is 2.17. The van der Waals surface area contributed by atoms with Gasteiger partial charge in [0.15, 0.2) is 17.2 Å². The van der Waals surface area contributed by atoms with Crippen LogP contribution in [0.15, 0.2) is 9.59 Å². The van der Waals surface area contributed by atoms with Gasteiger partial charge in [0.05, 0.1) is 10.9 Å². The standard InChI is InChI=1S/C16H15N3O3/c1-6-7(2)9(4)13-11(8(6)3)15(21)12-10(5-20)18-19-14(12)16(22)17-13/h5H,1-4H3,(H,17,22)(H,18,19). The lowest BCUT2D eigenvalue weighted by atomic mass is 9.94. The van der Waals surface area contributed by atoms with Crippen LogP contribution < -0.4 is 11.0 Å². The molecule has 3 rings (SSSR count). The van der Waals surface area contributed by atoms with Crippen LogP contribution in [0.25, 0.3) is 21.8 Å². The van der Waals surface area contributed by atoms with Gasteiger partial charge in [0.2, 0.25) is 0 Å². The van der Waals surface area contributed by atoms with Gasteiger partial charge in [0.25, 0.3) is 5.56 Å². The number of aryl methyl sites for hydroxylation is 2. The largest absolute Gasteiger partial charge is 0.320 e. The quantitative estimate of drug-likeness (QED) is 0.670. The van der Waals surface area contributed by atoms with E-state index in [0.717, 1.165) is 22.3 Å². The second-order valence-corrected chi connectivity index (χ2v) is 5.51. The second-order valence-electron chi connectivity index (χ2n) is 5.51. The van der Waals surface area contributed by atoms with E-state index in [0.29, 0.717) is 17.2 Å². The van der Waals surface area contributed by atoms with Crippen molar-refractivity contribution in [2.75, 3.05) is 0 Å². The molecule has 2 N–H and O–H groups in total. The topological polar surface area (TPSA) is 95.7 Å². The third kappa shape index (κ3) is 1.67. The van der Waals surface area contributed by atoms with E-state index in [1.165, 1.54) is 0 Å². The van der Waals surface area contributed by atoms with Gasteiger partial charge in [-0.2, -0.15) is 5.10 Å². The molecule has 2 heterocycles. The minimum atomic E-state index is -0.489. The molecule has 0 unspecified atom stereocenters. The summed E-state index contributed by atoms with van der Waals surface area (Å²) in [7, 11) is 0. The summed E-state index contributed by atoms with van der Waals surface area (Å²) in [5.41, 5.74) is 3.32. The van der Waals surface area contributed by atoms with Crippen molar-refractivity contribution < 1.29 is 4.79 Å². The number of aromatic amines is 2. The third-order valence-corrected chi connectivity index (χ3v) is 4.51. The molecule has 0 bridgehead atoms. The molecule has 6 nitrogen and oxygen atoms in total. The predicted molar refractivity (Wildman–Crippen MR) is 84.8 cm³/mol. The Morgan fingerprint density at radius 2 is 1.55 bits per heavy atom. The summed E-state index contributed by atoms with van der Waals surface area (Å²) in [4.78, 5) is 39.2. The van der Waals surface area contributed by atoms with E-state index < -0.39 is 5.56 Å². The van der Waals surface area contributed by atoms with Crippen molar-refractivity contribution in [1.82, 2.24) is 15.2 Å². The molecule has 6 heteroatoms. The molecule has 0 saturated carbocycles. The number of H-pyrrole nitrogens is 2. The highest BCUT2D eigenvalue weighted by Crippen LogP contribution is 2.25. The van der Waals surface area contributed by atoms with Crippen molar-refractivity contribution in [1.29, 1.82) is 0 Å². The van der Waals surface area contributed by atoms with Crippen molar-refractivity contribution in [2.24, 2.45) is 0 Å². The number of hydrogen-bond donors (Lipinski definition) is 2. The molecule has 0 aliphatic heterocycles. The molecule has 0 saturated heterocycles. The highest BCUT2D eigenvalue weighted by atomic mass is 16.1. The zero-order chi connectivity index (χ0) is 16.2. The lowest BCUT2D eigenvalue weighted by Gasteiger charge is -2.11. The first-order chi connectivity index (χ1) is 10.4. The van der Waals surface area contributed by atoms with Crippen LogP contribution in [0.5, 0.6) is 0 Å². The van der Waals surface area contributed by atoms with Gasteiger partial charge in [-0.15, -0.1) is 0 Å². The molecule has 2 aromatic heterocycles. The number of benzene rings is 1. The van der Waals surface area contributed by atoms with Crippen LogP contribution in [0.1, 0.15) is 32.7 Å². The SMILES string of the molecule is Cc1c(C)c(C)c2c(=O)c3c(C=O)[nH]nc3c(=O)[nH]c2c1C. The van der Waals surface area contributed by atoms with E-state index >= 15 is 0 Å². The molecule has 0 aliphatic carbocycles. The van der Waals surface area contributed by atoms with Crippen LogP contribution in [-0.2, 0) is 0 Å².